The molecule has 0 bridgehead atoms. The lowest BCUT2D eigenvalue weighted by atomic mass is 10.1. The predicted molar refractivity (Wildman–Crippen MR) is 93.9 cm³/mol. The summed E-state index contributed by atoms with van der Waals surface area (Å²) < 4.78 is 1.75. The fourth-order valence-corrected chi connectivity index (χ4v) is 2.51. The third-order valence-electron chi connectivity index (χ3n) is 3.79. The molecule has 3 heterocycles. The summed E-state index contributed by atoms with van der Waals surface area (Å²) in [5.41, 5.74) is 3.26. The van der Waals surface area contributed by atoms with Crippen molar-refractivity contribution in [3.63, 3.8) is 0 Å². The SMILES string of the molecule is Cn1cc(-c2ccc3cnc(NC(=O)c4ccncc4)nc3c2)cn1. The van der Waals surface area contributed by atoms with Gasteiger partial charge in [-0.25, -0.2) is 9.97 Å². The minimum absolute atomic E-state index is 0.262. The third-order valence-corrected chi connectivity index (χ3v) is 3.79. The monoisotopic (exact) mass is 330 g/mol. The molecule has 4 rings (SSSR count). The quantitative estimate of drug-likeness (QED) is 0.624. The first-order valence-electron chi connectivity index (χ1n) is 7.66. The van der Waals surface area contributed by atoms with E-state index in [0.717, 1.165) is 22.0 Å². The Labute approximate surface area is 143 Å². The Morgan fingerprint density at radius 1 is 1.08 bits per heavy atom. The van der Waals surface area contributed by atoms with Crippen molar-refractivity contribution in [2.75, 3.05) is 5.32 Å². The molecular weight excluding hydrogens is 316 g/mol. The highest BCUT2D eigenvalue weighted by Gasteiger charge is 2.09. The standard InChI is InChI=1S/C18H14N6O/c1-24-11-15(10-21-24)13-2-3-14-9-20-18(22-16(14)8-13)23-17(25)12-4-6-19-7-5-12/h2-11H,1H3,(H,20,22,23,25). The van der Waals surface area contributed by atoms with Crippen LogP contribution in [0.5, 0.6) is 0 Å². The summed E-state index contributed by atoms with van der Waals surface area (Å²) in [5, 5.41) is 7.79. The first-order chi connectivity index (χ1) is 12.2. The van der Waals surface area contributed by atoms with Crippen LogP contribution in [0.15, 0.2) is 61.3 Å². The second-order valence-electron chi connectivity index (χ2n) is 5.56. The molecule has 0 saturated heterocycles. The number of fused-ring (bicyclic) bond motifs is 1. The van der Waals surface area contributed by atoms with Crippen molar-refractivity contribution in [1.29, 1.82) is 0 Å². The highest BCUT2D eigenvalue weighted by molar-refractivity contribution is 6.03. The van der Waals surface area contributed by atoms with E-state index in [-0.39, 0.29) is 11.9 Å². The van der Waals surface area contributed by atoms with Crippen LogP contribution in [0.2, 0.25) is 0 Å². The van der Waals surface area contributed by atoms with E-state index < -0.39 is 0 Å². The molecule has 0 atom stereocenters. The highest BCUT2D eigenvalue weighted by Crippen LogP contribution is 2.23. The lowest BCUT2D eigenvalue weighted by molar-refractivity contribution is 0.102. The summed E-state index contributed by atoms with van der Waals surface area (Å²) in [5.74, 6) is -0.0113. The number of hydrogen-bond donors (Lipinski definition) is 1. The van der Waals surface area contributed by atoms with Crippen LogP contribution in [0, 0.1) is 0 Å². The average molecular weight is 330 g/mol. The Hall–Kier alpha value is -3.61. The zero-order chi connectivity index (χ0) is 17.2. The van der Waals surface area contributed by atoms with Crippen LogP contribution in [0.1, 0.15) is 10.4 Å². The first-order valence-corrected chi connectivity index (χ1v) is 7.66. The van der Waals surface area contributed by atoms with E-state index >= 15 is 0 Å². The summed E-state index contributed by atoms with van der Waals surface area (Å²) in [7, 11) is 1.87. The topological polar surface area (TPSA) is 85.6 Å². The van der Waals surface area contributed by atoms with E-state index in [1.807, 2.05) is 31.4 Å². The molecule has 3 aromatic heterocycles. The van der Waals surface area contributed by atoms with Crippen molar-refractivity contribution in [2.45, 2.75) is 0 Å². The van der Waals surface area contributed by atoms with Gasteiger partial charge in [0, 0.05) is 48.3 Å². The number of carbonyl (C=O) groups is 1. The highest BCUT2D eigenvalue weighted by atomic mass is 16.1. The molecule has 0 unspecified atom stereocenters. The number of carbonyl (C=O) groups excluding carboxylic acids is 1. The van der Waals surface area contributed by atoms with E-state index in [2.05, 4.69) is 25.4 Å². The molecule has 0 spiro atoms. The van der Waals surface area contributed by atoms with E-state index in [1.54, 1.807) is 41.6 Å². The summed E-state index contributed by atoms with van der Waals surface area (Å²) in [4.78, 5) is 24.8. The maximum absolute atomic E-state index is 12.2. The molecule has 25 heavy (non-hydrogen) atoms. The summed E-state index contributed by atoms with van der Waals surface area (Å²) >= 11 is 0. The molecule has 0 aliphatic carbocycles. The summed E-state index contributed by atoms with van der Waals surface area (Å²) in [6, 6.07) is 9.17. The van der Waals surface area contributed by atoms with Crippen LogP contribution in [0.25, 0.3) is 22.0 Å². The van der Waals surface area contributed by atoms with E-state index in [4.69, 9.17) is 0 Å². The Balaban J connectivity index is 1.66. The first kappa shape index (κ1) is 14.9. The maximum atomic E-state index is 12.2. The molecule has 122 valence electrons. The van der Waals surface area contributed by atoms with Gasteiger partial charge >= 0.3 is 0 Å². The van der Waals surface area contributed by atoms with Crippen molar-refractivity contribution in [1.82, 2.24) is 24.7 Å². The minimum Gasteiger partial charge on any atom is -0.290 e. The average Bonchev–Trinajstić information content (AvgIpc) is 3.08. The van der Waals surface area contributed by atoms with Gasteiger partial charge in [0.25, 0.3) is 5.91 Å². The molecule has 0 aliphatic heterocycles. The summed E-state index contributed by atoms with van der Waals surface area (Å²) in [6.07, 6.45) is 8.56. The number of anilines is 1. The van der Waals surface area contributed by atoms with Gasteiger partial charge < -0.3 is 0 Å². The van der Waals surface area contributed by atoms with Gasteiger partial charge in [0.1, 0.15) is 0 Å². The normalized spacial score (nSPS) is 10.8. The molecule has 1 aromatic carbocycles. The number of nitrogens with zero attached hydrogens (tertiary/aromatic N) is 5. The van der Waals surface area contributed by atoms with Gasteiger partial charge in [-0.1, -0.05) is 12.1 Å². The molecule has 1 amide bonds. The number of benzene rings is 1. The zero-order valence-corrected chi connectivity index (χ0v) is 13.4. The Morgan fingerprint density at radius 2 is 1.92 bits per heavy atom. The van der Waals surface area contributed by atoms with Crippen molar-refractivity contribution in [2.24, 2.45) is 7.05 Å². The van der Waals surface area contributed by atoms with Crippen LogP contribution in [-0.2, 0) is 7.05 Å². The number of hydrogen-bond acceptors (Lipinski definition) is 5. The van der Waals surface area contributed by atoms with Crippen LogP contribution >= 0.6 is 0 Å². The van der Waals surface area contributed by atoms with Crippen molar-refractivity contribution in [3.05, 3.63) is 66.9 Å². The molecule has 1 N–H and O–H groups in total. The maximum Gasteiger partial charge on any atom is 0.258 e. The number of aromatic nitrogens is 5. The molecule has 0 saturated carbocycles. The van der Waals surface area contributed by atoms with Crippen LogP contribution in [-0.4, -0.2) is 30.6 Å². The molecule has 0 fully saturated rings. The minimum atomic E-state index is -0.273. The molecule has 7 heteroatoms. The van der Waals surface area contributed by atoms with Gasteiger partial charge in [0.05, 0.1) is 11.7 Å². The Morgan fingerprint density at radius 3 is 2.68 bits per heavy atom. The number of amides is 1. The van der Waals surface area contributed by atoms with Crippen molar-refractivity contribution in [3.8, 4) is 11.1 Å². The lowest BCUT2D eigenvalue weighted by Gasteiger charge is -2.05. The second-order valence-corrected chi connectivity index (χ2v) is 5.56. The Kier molecular flexibility index (Phi) is 3.66. The number of pyridine rings is 1. The smallest absolute Gasteiger partial charge is 0.258 e. The van der Waals surface area contributed by atoms with E-state index in [9.17, 15) is 4.79 Å². The van der Waals surface area contributed by atoms with Gasteiger partial charge in [-0.3, -0.25) is 19.8 Å². The van der Waals surface area contributed by atoms with Gasteiger partial charge in [-0.15, -0.1) is 0 Å². The molecule has 4 aromatic rings. The number of rotatable bonds is 3. The van der Waals surface area contributed by atoms with Crippen LogP contribution in [0.3, 0.4) is 0 Å². The van der Waals surface area contributed by atoms with Gasteiger partial charge in [-0.2, -0.15) is 5.10 Å². The summed E-state index contributed by atoms with van der Waals surface area (Å²) in [6.45, 7) is 0. The van der Waals surface area contributed by atoms with E-state index in [0.29, 0.717) is 5.56 Å². The lowest BCUT2D eigenvalue weighted by Crippen LogP contribution is -2.14. The third kappa shape index (κ3) is 3.07. The fraction of sp³-hybridized carbons (Fsp3) is 0.0556. The molecule has 7 nitrogen and oxygen atoms in total. The molecular formula is C18H14N6O. The predicted octanol–water partition coefficient (Wildman–Crippen LogP) is 2.68. The number of nitrogens with one attached hydrogen (secondary N) is 1. The zero-order valence-electron chi connectivity index (χ0n) is 13.4. The fourth-order valence-electron chi connectivity index (χ4n) is 2.51. The van der Waals surface area contributed by atoms with Gasteiger partial charge in [-0.05, 0) is 23.8 Å². The molecule has 0 aliphatic rings. The van der Waals surface area contributed by atoms with Gasteiger partial charge in [0.15, 0.2) is 0 Å². The van der Waals surface area contributed by atoms with Crippen LogP contribution < -0.4 is 5.32 Å². The molecule has 0 radical (unpaired) electrons. The van der Waals surface area contributed by atoms with E-state index in [1.165, 1.54) is 0 Å². The largest absolute Gasteiger partial charge is 0.290 e. The number of aryl methyl sites for hydroxylation is 1. The van der Waals surface area contributed by atoms with Gasteiger partial charge in [0.2, 0.25) is 5.95 Å². The second kappa shape index (κ2) is 6.12. The Bertz CT molecular complexity index is 1060. The van der Waals surface area contributed by atoms with Crippen molar-refractivity contribution < 1.29 is 4.79 Å². The van der Waals surface area contributed by atoms with Crippen molar-refractivity contribution >= 4 is 22.8 Å². The van der Waals surface area contributed by atoms with Crippen LogP contribution in [0.4, 0.5) is 5.95 Å².